The molecule has 0 heterocycles. The lowest BCUT2D eigenvalue weighted by molar-refractivity contribution is 0.0632. The summed E-state index contributed by atoms with van der Waals surface area (Å²) in [6.07, 6.45) is 9.22. The largest absolute Gasteiger partial charge is 0.508 e. The maximum Gasteiger partial charge on any atom is 0.116 e. The van der Waals surface area contributed by atoms with Crippen LogP contribution in [0.1, 0.15) is 37.7 Å². The van der Waals surface area contributed by atoms with Crippen LogP contribution in [0.2, 0.25) is 0 Å². The summed E-state index contributed by atoms with van der Waals surface area (Å²) in [5, 5.41) is 11.8. The Morgan fingerprint density at radius 3 is 2.29 bits per heavy atom. The fourth-order valence-corrected chi connectivity index (χ4v) is 5.53. The number of fused-ring (bicyclic) bond motifs is 1. The number of hydrogen-bond donors (Lipinski definition) is 1. The predicted octanol–water partition coefficient (Wildman–Crippen LogP) is 5.40. The number of aromatic hydroxyl groups is 1. The van der Waals surface area contributed by atoms with Crippen molar-refractivity contribution in [2.75, 3.05) is 0 Å². The van der Waals surface area contributed by atoms with Crippen molar-refractivity contribution in [3.05, 3.63) is 53.8 Å². The van der Waals surface area contributed by atoms with Gasteiger partial charge in [-0.05, 0) is 95.9 Å². The summed E-state index contributed by atoms with van der Waals surface area (Å²) < 4.78 is 6.01. The molecular weight excluding hydrogens is 296 g/mol. The number of ether oxygens (including phenoxy) is 1. The van der Waals surface area contributed by atoms with Crippen LogP contribution in [0.15, 0.2) is 48.2 Å². The average molecular weight is 320 g/mol. The third kappa shape index (κ3) is 2.49. The second-order valence-corrected chi connectivity index (χ2v) is 8.10. The van der Waals surface area contributed by atoms with E-state index in [1.54, 1.807) is 17.7 Å². The summed E-state index contributed by atoms with van der Waals surface area (Å²) in [4.78, 5) is 0. The SMILES string of the molecule is Oc1ccc2cc(COC=C3C4CC5CC(C4)CC3C5)ccc2c1. The smallest absolute Gasteiger partial charge is 0.116 e. The zero-order valence-electron chi connectivity index (χ0n) is 13.9. The van der Waals surface area contributed by atoms with Gasteiger partial charge in [0.15, 0.2) is 0 Å². The van der Waals surface area contributed by atoms with Crippen molar-refractivity contribution in [3.8, 4) is 5.75 Å². The minimum absolute atomic E-state index is 0.318. The molecule has 0 radical (unpaired) electrons. The summed E-state index contributed by atoms with van der Waals surface area (Å²) in [6.45, 7) is 0.632. The first-order valence-electron chi connectivity index (χ1n) is 9.28. The number of allylic oxidation sites excluding steroid dienone is 1. The maximum atomic E-state index is 9.55. The molecule has 0 spiro atoms. The van der Waals surface area contributed by atoms with Gasteiger partial charge in [-0.2, -0.15) is 0 Å². The van der Waals surface area contributed by atoms with Crippen molar-refractivity contribution in [1.29, 1.82) is 0 Å². The van der Waals surface area contributed by atoms with Crippen molar-refractivity contribution in [2.24, 2.45) is 23.7 Å². The molecule has 4 fully saturated rings. The van der Waals surface area contributed by atoms with Crippen molar-refractivity contribution in [3.63, 3.8) is 0 Å². The van der Waals surface area contributed by atoms with Gasteiger partial charge in [0, 0.05) is 0 Å². The third-order valence-corrected chi connectivity index (χ3v) is 6.44. The molecule has 0 unspecified atom stereocenters. The van der Waals surface area contributed by atoms with E-state index in [4.69, 9.17) is 4.74 Å². The zero-order valence-corrected chi connectivity index (χ0v) is 13.9. The molecule has 2 heteroatoms. The van der Waals surface area contributed by atoms with E-state index in [9.17, 15) is 5.11 Å². The summed E-state index contributed by atoms with van der Waals surface area (Å²) in [5.41, 5.74) is 2.79. The van der Waals surface area contributed by atoms with E-state index in [-0.39, 0.29) is 0 Å². The lowest BCUT2D eigenvalue weighted by Gasteiger charge is -2.51. The molecule has 4 bridgehead atoms. The van der Waals surface area contributed by atoms with Crippen LogP contribution in [0, 0.1) is 23.7 Å². The van der Waals surface area contributed by atoms with E-state index in [0.29, 0.717) is 12.4 Å². The van der Waals surface area contributed by atoms with E-state index in [2.05, 4.69) is 24.5 Å². The van der Waals surface area contributed by atoms with E-state index >= 15 is 0 Å². The van der Waals surface area contributed by atoms with Gasteiger partial charge in [-0.25, -0.2) is 0 Å². The fraction of sp³-hybridized carbons (Fsp3) is 0.455. The second-order valence-electron chi connectivity index (χ2n) is 8.10. The van der Waals surface area contributed by atoms with Crippen molar-refractivity contribution < 1.29 is 9.84 Å². The standard InChI is InChI=1S/C22H24O2/c23-21-4-3-17-6-14(1-2-18(17)11-21)12-24-13-22-19-7-15-5-16(9-19)10-20(22)8-15/h1-4,6,11,13,15-16,19-20,23H,5,7-10,12H2. The van der Waals surface area contributed by atoms with Crippen LogP contribution < -0.4 is 0 Å². The van der Waals surface area contributed by atoms with E-state index in [0.717, 1.165) is 34.4 Å². The predicted molar refractivity (Wildman–Crippen MR) is 95.5 cm³/mol. The lowest BCUT2D eigenvalue weighted by Crippen LogP contribution is -2.40. The molecule has 4 aliphatic rings. The van der Waals surface area contributed by atoms with Gasteiger partial charge in [0.05, 0.1) is 6.26 Å². The van der Waals surface area contributed by atoms with E-state index in [1.807, 2.05) is 6.07 Å². The minimum Gasteiger partial charge on any atom is -0.508 e. The normalized spacial score (nSPS) is 30.8. The molecule has 0 aromatic heterocycles. The Kier molecular flexibility index (Phi) is 3.32. The highest BCUT2D eigenvalue weighted by Crippen LogP contribution is 2.56. The van der Waals surface area contributed by atoms with Crippen molar-refractivity contribution in [2.45, 2.75) is 38.7 Å². The van der Waals surface area contributed by atoms with Gasteiger partial charge >= 0.3 is 0 Å². The number of phenolic OH excluding ortho intramolecular Hbond substituents is 1. The molecular formula is C22H24O2. The summed E-state index contributed by atoms with van der Waals surface area (Å²) in [5.74, 6) is 3.93. The van der Waals surface area contributed by atoms with E-state index < -0.39 is 0 Å². The Morgan fingerprint density at radius 2 is 1.54 bits per heavy atom. The lowest BCUT2D eigenvalue weighted by atomic mass is 9.54. The maximum absolute atomic E-state index is 9.55. The van der Waals surface area contributed by atoms with Gasteiger partial charge in [0.25, 0.3) is 0 Å². The van der Waals surface area contributed by atoms with Crippen LogP contribution >= 0.6 is 0 Å². The van der Waals surface area contributed by atoms with Crippen LogP contribution in [0.25, 0.3) is 10.8 Å². The Morgan fingerprint density at radius 1 is 0.875 bits per heavy atom. The molecule has 4 aliphatic carbocycles. The average Bonchev–Trinajstić information content (AvgIpc) is 2.57. The summed E-state index contributed by atoms with van der Waals surface area (Å²) in [7, 11) is 0. The minimum atomic E-state index is 0.318. The highest BCUT2D eigenvalue weighted by Gasteiger charge is 2.45. The fourth-order valence-electron chi connectivity index (χ4n) is 5.53. The molecule has 124 valence electrons. The van der Waals surface area contributed by atoms with Crippen molar-refractivity contribution in [1.82, 2.24) is 0 Å². The Hall–Kier alpha value is -1.96. The van der Waals surface area contributed by atoms with Gasteiger partial charge in [-0.1, -0.05) is 18.2 Å². The first-order valence-corrected chi connectivity index (χ1v) is 9.28. The molecule has 2 aromatic rings. The molecule has 0 atom stereocenters. The van der Waals surface area contributed by atoms with Gasteiger partial charge in [-0.3, -0.25) is 0 Å². The summed E-state index contributed by atoms with van der Waals surface area (Å²) in [6, 6.07) is 11.8. The molecule has 2 aromatic carbocycles. The van der Waals surface area contributed by atoms with Crippen LogP contribution in [-0.2, 0) is 11.3 Å². The molecule has 24 heavy (non-hydrogen) atoms. The molecule has 2 nitrogen and oxygen atoms in total. The Bertz CT molecular complexity index is 775. The van der Waals surface area contributed by atoms with Gasteiger partial charge in [-0.15, -0.1) is 0 Å². The van der Waals surface area contributed by atoms with Gasteiger partial charge < -0.3 is 9.84 Å². The molecule has 1 N–H and O–H groups in total. The first kappa shape index (κ1) is 14.4. The number of rotatable bonds is 3. The molecule has 0 aliphatic heterocycles. The van der Waals surface area contributed by atoms with E-state index in [1.165, 1.54) is 37.7 Å². The molecule has 4 saturated carbocycles. The van der Waals surface area contributed by atoms with Crippen LogP contribution in [0.4, 0.5) is 0 Å². The third-order valence-electron chi connectivity index (χ3n) is 6.44. The molecule has 0 amide bonds. The number of hydrogen-bond acceptors (Lipinski definition) is 2. The second kappa shape index (κ2) is 5.54. The number of phenols is 1. The zero-order chi connectivity index (χ0) is 16.1. The quantitative estimate of drug-likeness (QED) is 0.767. The van der Waals surface area contributed by atoms with Crippen LogP contribution in [-0.4, -0.2) is 5.11 Å². The first-order chi connectivity index (χ1) is 11.7. The topological polar surface area (TPSA) is 29.5 Å². The van der Waals surface area contributed by atoms with Crippen LogP contribution in [0.3, 0.4) is 0 Å². The highest BCUT2D eigenvalue weighted by atomic mass is 16.5. The van der Waals surface area contributed by atoms with Gasteiger partial charge in [0.1, 0.15) is 12.4 Å². The number of benzene rings is 2. The molecule has 6 rings (SSSR count). The Balaban J connectivity index is 1.30. The summed E-state index contributed by atoms with van der Waals surface area (Å²) >= 11 is 0. The molecule has 0 saturated heterocycles. The highest BCUT2D eigenvalue weighted by molar-refractivity contribution is 5.84. The van der Waals surface area contributed by atoms with Crippen LogP contribution in [0.5, 0.6) is 5.75 Å². The van der Waals surface area contributed by atoms with Crippen molar-refractivity contribution >= 4 is 10.8 Å². The monoisotopic (exact) mass is 320 g/mol. The Labute approximate surface area is 143 Å². The van der Waals surface area contributed by atoms with Gasteiger partial charge in [0.2, 0.25) is 0 Å².